The van der Waals surface area contributed by atoms with E-state index in [0.717, 1.165) is 4.88 Å². The number of carbonyl (C=O) groups is 1. The summed E-state index contributed by atoms with van der Waals surface area (Å²) < 4.78 is 15.7. The summed E-state index contributed by atoms with van der Waals surface area (Å²) in [5.74, 6) is 1.25. The quantitative estimate of drug-likeness (QED) is 0.772. The Morgan fingerprint density at radius 1 is 1.22 bits per heavy atom. The van der Waals surface area contributed by atoms with Gasteiger partial charge in [0, 0.05) is 23.9 Å². The van der Waals surface area contributed by atoms with E-state index in [1.165, 1.54) is 17.7 Å². The van der Waals surface area contributed by atoms with Crippen molar-refractivity contribution in [1.82, 2.24) is 4.98 Å². The van der Waals surface area contributed by atoms with Crippen LogP contribution in [0.15, 0.2) is 46.5 Å². The van der Waals surface area contributed by atoms with Gasteiger partial charge >= 0.3 is 0 Å². The van der Waals surface area contributed by atoms with Gasteiger partial charge in [-0.2, -0.15) is 0 Å². The Labute approximate surface area is 136 Å². The van der Waals surface area contributed by atoms with Gasteiger partial charge in [-0.25, -0.2) is 4.98 Å². The van der Waals surface area contributed by atoms with Crippen LogP contribution in [0, 0.1) is 0 Å². The molecular formula is C16H14N2O4S. The molecule has 0 fully saturated rings. The van der Waals surface area contributed by atoms with Gasteiger partial charge in [-0.15, -0.1) is 11.3 Å². The van der Waals surface area contributed by atoms with Crippen LogP contribution in [-0.2, 0) is 0 Å². The number of thiophene rings is 1. The first-order valence-electron chi connectivity index (χ1n) is 6.73. The van der Waals surface area contributed by atoms with Crippen LogP contribution < -0.4 is 14.8 Å². The van der Waals surface area contributed by atoms with Crippen molar-refractivity contribution in [2.45, 2.75) is 0 Å². The van der Waals surface area contributed by atoms with Crippen LogP contribution in [0.5, 0.6) is 11.5 Å². The van der Waals surface area contributed by atoms with Gasteiger partial charge in [0.2, 0.25) is 0 Å². The summed E-state index contributed by atoms with van der Waals surface area (Å²) >= 11 is 1.48. The Hall–Kier alpha value is -2.80. The number of hydrogen-bond acceptors (Lipinski definition) is 6. The zero-order valence-electron chi connectivity index (χ0n) is 12.5. The molecule has 3 rings (SSSR count). The molecule has 1 aromatic carbocycles. The van der Waals surface area contributed by atoms with Gasteiger partial charge < -0.3 is 19.2 Å². The molecule has 0 aliphatic carbocycles. The summed E-state index contributed by atoms with van der Waals surface area (Å²) in [5.41, 5.74) is 0.778. The minimum Gasteiger partial charge on any atom is -0.497 e. The van der Waals surface area contributed by atoms with Crippen molar-refractivity contribution in [2.24, 2.45) is 0 Å². The van der Waals surface area contributed by atoms with Crippen molar-refractivity contribution in [3.8, 4) is 22.1 Å². The number of nitrogens with zero attached hydrogens (tertiary/aromatic N) is 1. The number of amides is 1. The van der Waals surface area contributed by atoms with Gasteiger partial charge in [0.25, 0.3) is 5.91 Å². The Morgan fingerprint density at radius 2 is 1.96 bits per heavy atom. The van der Waals surface area contributed by atoms with Crippen molar-refractivity contribution in [2.75, 3.05) is 19.5 Å². The second-order valence-electron chi connectivity index (χ2n) is 4.56. The molecular weight excluding hydrogens is 316 g/mol. The number of hydrogen-bond donors (Lipinski definition) is 1. The maximum Gasteiger partial charge on any atom is 0.278 e. The molecule has 1 N–H and O–H groups in total. The predicted molar refractivity (Wildman–Crippen MR) is 87.3 cm³/mol. The van der Waals surface area contributed by atoms with Crippen molar-refractivity contribution in [3.63, 3.8) is 0 Å². The molecule has 2 aromatic heterocycles. The van der Waals surface area contributed by atoms with Gasteiger partial charge in [0.15, 0.2) is 17.8 Å². The highest BCUT2D eigenvalue weighted by Gasteiger charge is 2.19. The molecule has 7 heteroatoms. The van der Waals surface area contributed by atoms with E-state index in [1.54, 1.807) is 32.4 Å². The number of aromatic nitrogens is 1. The maximum atomic E-state index is 12.5. The molecule has 0 aliphatic rings. The fourth-order valence-electron chi connectivity index (χ4n) is 2.06. The lowest BCUT2D eigenvalue weighted by molar-refractivity contribution is 0.102. The minimum atomic E-state index is -0.363. The van der Waals surface area contributed by atoms with E-state index in [0.29, 0.717) is 22.9 Å². The molecule has 0 atom stereocenters. The number of ether oxygens (including phenoxy) is 2. The highest BCUT2D eigenvalue weighted by atomic mass is 32.1. The van der Waals surface area contributed by atoms with E-state index >= 15 is 0 Å². The van der Waals surface area contributed by atoms with Crippen molar-refractivity contribution >= 4 is 22.9 Å². The SMILES string of the molecule is COc1cc(NC(=O)c2ncoc2-c2cccs2)cc(OC)c1. The zero-order valence-corrected chi connectivity index (χ0v) is 13.3. The number of nitrogens with one attached hydrogen (secondary N) is 1. The highest BCUT2D eigenvalue weighted by molar-refractivity contribution is 7.13. The first kappa shape index (κ1) is 15.1. The summed E-state index contributed by atoms with van der Waals surface area (Å²) in [6, 6.07) is 8.88. The molecule has 0 spiro atoms. The van der Waals surface area contributed by atoms with Crippen LogP contribution >= 0.6 is 11.3 Å². The third-order valence-electron chi connectivity index (χ3n) is 3.14. The average molecular weight is 330 g/mol. The molecule has 3 aromatic rings. The zero-order chi connectivity index (χ0) is 16.2. The Bertz CT molecular complexity index is 789. The third kappa shape index (κ3) is 3.19. The Morgan fingerprint density at radius 3 is 2.57 bits per heavy atom. The van der Waals surface area contributed by atoms with Crippen LogP contribution in [0.2, 0.25) is 0 Å². The van der Waals surface area contributed by atoms with Crippen LogP contribution in [0.1, 0.15) is 10.5 Å². The van der Waals surface area contributed by atoms with E-state index in [-0.39, 0.29) is 11.6 Å². The van der Waals surface area contributed by atoms with E-state index in [9.17, 15) is 4.79 Å². The largest absolute Gasteiger partial charge is 0.497 e. The van der Waals surface area contributed by atoms with Crippen molar-refractivity contribution < 1.29 is 18.7 Å². The molecule has 6 nitrogen and oxygen atoms in total. The molecule has 0 saturated carbocycles. The highest BCUT2D eigenvalue weighted by Crippen LogP contribution is 2.29. The molecule has 0 unspecified atom stereocenters. The van der Waals surface area contributed by atoms with Crippen LogP contribution in [0.3, 0.4) is 0 Å². The second kappa shape index (κ2) is 6.53. The summed E-state index contributed by atoms with van der Waals surface area (Å²) in [6.45, 7) is 0. The van der Waals surface area contributed by atoms with Crippen LogP contribution in [0.25, 0.3) is 10.6 Å². The van der Waals surface area contributed by atoms with Gasteiger partial charge in [-0.3, -0.25) is 4.79 Å². The maximum absolute atomic E-state index is 12.5. The Balaban J connectivity index is 1.87. The van der Waals surface area contributed by atoms with Crippen molar-refractivity contribution in [1.29, 1.82) is 0 Å². The summed E-state index contributed by atoms with van der Waals surface area (Å²) in [4.78, 5) is 17.3. The average Bonchev–Trinajstić information content (AvgIpc) is 3.24. The summed E-state index contributed by atoms with van der Waals surface area (Å²) in [6.07, 6.45) is 1.26. The molecule has 118 valence electrons. The molecule has 23 heavy (non-hydrogen) atoms. The smallest absolute Gasteiger partial charge is 0.278 e. The second-order valence-corrected chi connectivity index (χ2v) is 5.51. The van der Waals surface area contributed by atoms with Crippen LogP contribution in [0.4, 0.5) is 5.69 Å². The number of oxazole rings is 1. The fourth-order valence-corrected chi connectivity index (χ4v) is 2.77. The lowest BCUT2D eigenvalue weighted by Gasteiger charge is -2.09. The van der Waals surface area contributed by atoms with Gasteiger partial charge in [0.05, 0.1) is 19.1 Å². The van der Waals surface area contributed by atoms with E-state index < -0.39 is 0 Å². The van der Waals surface area contributed by atoms with Crippen molar-refractivity contribution in [3.05, 3.63) is 47.8 Å². The monoisotopic (exact) mass is 330 g/mol. The van der Waals surface area contributed by atoms with E-state index in [1.807, 2.05) is 17.5 Å². The lowest BCUT2D eigenvalue weighted by atomic mass is 10.2. The third-order valence-corrected chi connectivity index (χ3v) is 4.01. The fraction of sp³-hybridized carbons (Fsp3) is 0.125. The molecule has 0 aliphatic heterocycles. The number of rotatable bonds is 5. The first-order chi connectivity index (χ1) is 11.2. The standard InChI is InChI=1S/C16H14N2O4S/c1-20-11-6-10(7-12(8-11)21-2)18-16(19)14-15(22-9-17-14)13-4-3-5-23-13/h3-9H,1-2H3,(H,18,19). The number of benzene rings is 1. The van der Waals surface area contributed by atoms with Gasteiger partial charge in [0.1, 0.15) is 11.5 Å². The molecule has 2 heterocycles. The number of carbonyl (C=O) groups excluding carboxylic acids is 1. The predicted octanol–water partition coefficient (Wildman–Crippen LogP) is 3.67. The minimum absolute atomic E-state index is 0.231. The number of methoxy groups -OCH3 is 2. The lowest BCUT2D eigenvalue weighted by Crippen LogP contribution is -2.13. The van der Waals surface area contributed by atoms with E-state index in [2.05, 4.69) is 10.3 Å². The molecule has 1 amide bonds. The van der Waals surface area contributed by atoms with Gasteiger partial charge in [-0.1, -0.05) is 6.07 Å². The number of anilines is 1. The molecule has 0 radical (unpaired) electrons. The topological polar surface area (TPSA) is 73.6 Å². The summed E-state index contributed by atoms with van der Waals surface area (Å²) in [7, 11) is 3.10. The Kier molecular flexibility index (Phi) is 4.29. The van der Waals surface area contributed by atoms with E-state index in [4.69, 9.17) is 13.9 Å². The molecule has 0 bridgehead atoms. The van der Waals surface area contributed by atoms with Gasteiger partial charge in [-0.05, 0) is 11.4 Å². The summed E-state index contributed by atoms with van der Waals surface area (Å²) in [5, 5.41) is 4.69. The normalized spacial score (nSPS) is 10.3. The first-order valence-corrected chi connectivity index (χ1v) is 7.61. The molecule has 0 saturated heterocycles. The van der Waals surface area contributed by atoms with Crippen LogP contribution in [-0.4, -0.2) is 25.1 Å².